The molecule has 0 radical (unpaired) electrons. The summed E-state index contributed by atoms with van der Waals surface area (Å²) in [4.78, 5) is 24.6. The summed E-state index contributed by atoms with van der Waals surface area (Å²) in [5, 5.41) is 12.7. The molecule has 0 bridgehead atoms. The van der Waals surface area contributed by atoms with Gasteiger partial charge in [0.05, 0.1) is 50.8 Å². The van der Waals surface area contributed by atoms with Crippen LogP contribution in [0.25, 0.3) is 22.3 Å². The van der Waals surface area contributed by atoms with Gasteiger partial charge in [-0.1, -0.05) is 30.3 Å². The quantitative estimate of drug-likeness (QED) is 0.0923. The standard InChI is InChI=1S/C34H39FN2O9S/c1-36-33(38)30-27-20-26(22-8-9-22)28(21-29(27)46-31(30)24-10-12-25(35)13-11-24)37(47(2,41)42)14-15-43-16-17-44-18-19-45-32(34(39)40)23-6-4-3-5-7-23/h3-7,10-13,20-22,32,41-42H,8-9,14-19H2,1-2H3,(H,36,38)(H,39,40). The molecular weight excluding hydrogens is 631 g/mol. The lowest BCUT2D eigenvalue weighted by atomic mass is 10.0. The van der Waals surface area contributed by atoms with Crippen molar-refractivity contribution in [2.24, 2.45) is 0 Å². The SMILES string of the molecule is CNC(=O)c1c(-c2ccc(F)cc2)oc2cc(N(CCOCCOCCOC(C(=O)O)c3ccccc3)S(C)(O)O)c(C3CC3)cc12. The highest BCUT2D eigenvalue weighted by Crippen LogP contribution is 2.52. The molecule has 3 aromatic carbocycles. The van der Waals surface area contributed by atoms with Crippen LogP contribution in [0.5, 0.6) is 0 Å². The van der Waals surface area contributed by atoms with Crippen LogP contribution in [-0.4, -0.2) is 79.0 Å². The molecule has 1 aliphatic rings. The van der Waals surface area contributed by atoms with Crippen molar-refractivity contribution >= 4 is 39.3 Å². The third kappa shape index (κ3) is 8.49. The smallest absolute Gasteiger partial charge is 0.337 e. The molecule has 1 heterocycles. The highest BCUT2D eigenvalue weighted by Gasteiger charge is 2.33. The summed E-state index contributed by atoms with van der Waals surface area (Å²) in [5.41, 5.74) is 3.23. The molecule has 1 fully saturated rings. The zero-order valence-electron chi connectivity index (χ0n) is 26.2. The van der Waals surface area contributed by atoms with E-state index in [-0.39, 0.29) is 51.4 Å². The summed E-state index contributed by atoms with van der Waals surface area (Å²) in [6.45, 7) is 1.02. The molecule has 4 aromatic rings. The number of nitrogens with one attached hydrogen (secondary N) is 1. The van der Waals surface area contributed by atoms with Crippen LogP contribution >= 0.6 is 10.8 Å². The van der Waals surface area contributed by atoms with Crippen molar-refractivity contribution in [2.45, 2.75) is 24.9 Å². The second-order valence-corrected chi connectivity index (χ2v) is 13.2. The Hall–Kier alpha value is -3.98. The van der Waals surface area contributed by atoms with Gasteiger partial charge in [-0.3, -0.25) is 18.2 Å². The van der Waals surface area contributed by atoms with E-state index in [2.05, 4.69) is 5.32 Å². The van der Waals surface area contributed by atoms with Crippen LogP contribution in [0.3, 0.4) is 0 Å². The lowest BCUT2D eigenvalue weighted by Crippen LogP contribution is -2.31. The number of benzene rings is 3. The molecule has 1 aromatic heterocycles. The Morgan fingerprint density at radius 1 is 1.00 bits per heavy atom. The van der Waals surface area contributed by atoms with Gasteiger partial charge in [0.25, 0.3) is 5.91 Å². The van der Waals surface area contributed by atoms with Gasteiger partial charge in [0.1, 0.15) is 17.2 Å². The number of carbonyl (C=O) groups excluding carboxylic acids is 1. The molecule has 1 unspecified atom stereocenters. The normalized spacial score (nSPS) is 14.2. The van der Waals surface area contributed by atoms with Gasteiger partial charge in [0.15, 0.2) is 6.10 Å². The van der Waals surface area contributed by atoms with Gasteiger partial charge < -0.3 is 29.1 Å². The van der Waals surface area contributed by atoms with Crippen molar-refractivity contribution in [3.63, 3.8) is 0 Å². The van der Waals surface area contributed by atoms with Crippen LogP contribution in [-0.2, 0) is 19.0 Å². The Kier molecular flexibility index (Phi) is 11.2. The fourth-order valence-electron chi connectivity index (χ4n) is 5.35. The number of carbonyl (C=O) groups is 2. The number of ether oxygens (including phenoxy) is 3. The number of hydrogen-bond donors (Lipinski definition) is 4. The number of halogens is 1. The van der Waals surface area contributed by atoms with Gasteiger partial charge in [-0.2, -0.15) is 0 Å². The number of anilines is 1. The van der Waals surface area contributed by atoms with E-state index in [9.17, 15) is 28.2 Å². The summed E-state index contributed by atoms with van der Waals surface area (Å²) in [5.74, 6) is -1.37. The third-order valence-corrected chi connectivity index (χ3v) is 8.97. The number of carboxylic acid groups (broad SMARTS) is 1. The van der Waals surface area contributed by atoms with Crippen molar-refractivity contribution in [1.82, 2.24) is 5.32 Å². The van der Waals surface area contributed by atoms with Crippen LogP contribution in [0.15, 0.2) is 71.1 Å². The van der Waals surface area contributed by atoms with E-state index in [0.717, 1.165) is 18.4 Å². The first-order chi connectivity index (χ1) is 22.6. The largest absolute Gasteiger partial charge is 0.479 e. The molecule has 1 amide bonds. The maximum atomic E-state index is 13.7. The second kappa shape index (κ2) is 15.3. The van der Waals surface area contributed by atoms with Gasteiger partial charge in [-0.25, -0.2) is 9.18 Å². The molecule has 13 heteroatoms. The van der Waals surface area contributed by atoms with Gasteiger partial charge in [0.2, 0.25) is 0 Å². The number of carboxylic acids is 1. The lowest BCUT2D eigenvalue weighted by Gasteiger charge is -2.42. The Morgan fingerprint density at radius 3 is 2.28 bits per heavy atom. The van der Waals surface area contributed by atoms with Crippen molar-refractivity contribution in [3.8, 4) is 11.3 Å². The molecule has 11 nitrogen and oxygen atoms in total. The number of fused-ring (bicyclic) bond motifs is 1. The van der Waals surface area contributed by atoms with E-state index in [0.29, 0.717) is 39.1 Å². The average Bonchev–Trinajstić information content (AvgIpc) is 3.83. The predicted molar refractivity (Wildman–Crippen MR) is 178 cm³/mol. The Balaban J connectivity index is 1.24. The monoisotopic (exact) mass is 670 g/mol. The average molecular weight is 671 g/mol. The number of nitrogens with zero attached hydrogens (tertiary/aromatic N) is 1. The second-order valence-electron chi connectivity index (χ2n) is 11.2. The zero-order chi connectivity index (χ0) is 33.6. The van der Waals surface area contributed by atoms with Gasteiger partial charge in [0, 0.05) is 30.3 Å². The maximum Gasteiger partial charge on any atom is 0.337 e. The number of hydrogen-bond acceptors (Lipinski definition) is 9. The number of aliphatic carboxylic acids is 1. The summed E-state index contributed by atoms with van der Waals surface area (Å²) in [6.07, 6.45) is 2.10. The number of rotatable bonds is 17. The van der Waals surface area contributed by atoms with Crippen LogP contribution in [0.4, 0.5) is 10.1 Å². The molecule has 0 saturated heterocycles. The topological polar surface area (TPSA) is 151 Å². The van der Waals surface area contributed by atoms with Crippen molar-refractivity contribution in [3.05, 3.63) is 89.2 Å². The maximum absolute atomic E-state index is 13.7. The van der Waals surface area contributed by atoms with Gasteiger partial charge in [-0.05, 0) is 60.2 Å². The van der Waals surface area contributed by atoms with Crippen LogP contribution in [0.1, 0.15) is 46.3 Å². The van der Waals surface area contributed by atoms with E-state index in [1.807, 2.05) is 6.07 Å². The van der Waals surface area contributed by atoms with Crippen LogP contribution < -0.4 is 9.62 Å². The molecule has 0 aliphatic heterocycles. The van der Waals surface area contributed by atoms with Crippen LogP contribution in [0.2, 0.25) is 0 Å². The molecule has 1 aliphatic carbocycles. The van der Waals surface area contributed by atoms with Crippen LogP contribution in [0, 0.1) is 5.82 Å². The first-order valence-corrected chi connectivity index (χ1v) is 17.1. The van der Waals surface area contributed by atoms with E-state index < -0.39 is 28.7 Å². The molecule has 252 valence electrons. The minimum absolute atomic E-state index is 0.0834. The molecule has 1 atom stereocenters. The highest BCUT2D eigenvalue weighted by atomic mass is 32.3. The summed E-state index contributed by atoms with van der Waals surface area (Å²) < 4.78 is 59.9. The lowest BCUT2D eigenvalue weighted by molar-refractivity contribution is -0.152. The number of furan rings is 1. The summed E-state index contributed by atoms with van der Waals surface area (Å²) >= 11 is 0. The first kappa shape index (κ1) is 34.4. The Bertz CT molecular complexity index is 1670. The van der Waals surface area contributed by atoms with Gasteiger partial charge >= 0.3 is 5.97 Å². The Labute approximate surface area is 273 Å². The Morgan fingerprint density at radius 2 is 1.66 bits per heavy atom. The van der Waals surface area contributed by atoms with Crippen molar-refractivity contribution in [2.75, 3.05) is 57.2 Å². The fourth-order valence-corrected chi connectivity index (χ4v) is 6.30. The minimum Gasteiger partial charge on any atom is -0.479 e. The molecule has 0 spiro atoms. The molecule has 47 heavy (non-hydrogen) atoms. The minimum atomic E-state index is -3.24. The number of amides is 1. The third-order valence-electron chi connectivity index (χ3n) is 7.75. The molecular formula is C34H39FN2O9S. The van der Waals surface area contributed by atoms with Crippen molar-refractivity contribution < 1.29 is 46.8 Å². The first-order valence-electron chi connectivity index (χ1n) is 15.2. The molecule has 1 saturated carbocycles. The zero-order valence-corrected chi connectivity index (χ0v) is 27.0. The highest BCUT2D eigenvalue weighted by molar-refractivity contribution is 8.24. The molecule has 4 N–H and O–H groups in total. The molecule has 5 rings (SSSR count). The predicted octanol–water partition coefficient (Wildman–Crippen LogP) is 6.45. The van der Waals surface area contributed by atoms with E-state index in [4.69, 9.17) is 18.6 Å². The van der Waals surface area contributed by atoms with Crippen molar-refractivity contribution in [1.29, 1.82) is 0 Å². The van der Waals surface area contributed by atoms with Gasteiger partial charge in [-0.15, -0.1) is 10.8 Å². The van der Waals surface area contributed by atoms with E-state index in [1.54, 1.807) is 48.5 Å². The summed E-state index contributed by atoms with van der Waals surface area (Å²) in [6, 6.07) is 18.0. The fraction of sp³-hybridized carbons (Fsp3) is 0.353. The summed E-state index contributed by atoms with van der Waals surface area (Å²) in [7, 11) is -1.72. The van der Waals surface area contributed by atoms with E-state index >= 15 is 0 Å². The van der Waals surface area contributed by atoms with E-state index in [1.165, 1.54) is 29.7 Å².